The maximum Gasteiger partial charge on any atom is 0.493 e. The maximum absolute atomic E-state index is 11.6. The highest BCUT2D eigenvalue weighted by Gasteiger charge is 2.22. The monoisotopic (exact) mass is 329 g/mol. The molecule has 0 spiro atoms. The van der Waals surface area contributed by atoms with Gasteiger partial charge in [-0.15, -0.1) is 0 Å². The van der Waals surface area contributed by atoms with Gasteiger partial charge in [0.05, 0.1) is 6.61 Å². The third-order valence-corrected chi connectivity index (χ3v) is 3.85. The van der Waals surface area contributed by atoms with E-state index in [1.165, 1.54) is 0 Å². The van der Waals surface area contributed by atoms with E-state index < -0.39 is 13.7 Å². The summed E-state index contributed by atoms with van der Waals surface area (Å²) in [5.74, 6) is -0.419. The molecule has 0 aromatic heterocycles. The maximum atomic E-state index is 11.6. The molecular formula is C15H24NO5P. The van der Waals surface area contributed by atoms with Crippen LogP contribution in [0.15, 0.2) is 30.3 Å². The molecule has 2 N–H and O–H groups in total. The van der Waals surface area contributed by atoms with E-state index in [-0.39, 0.29) is 13.0 Å². The minimum atomic E-state index is -4.26. The number of benzene rings is 1. The Bertz CT molecular complexity index is 480. The predicted molar refractivity (Wildman–Crippen MR) is 83.9 cm³/mol. The Hall–Kier alpha value is -1.20. The molecular weight excluding hydrogens is 305 g/mol. The highest BCUT2D eigenvalue weighted by molar-refractivity contribution is 7.47. The largest absolute Gasteiger partial charge is 0.493 e. The summed E-state index contributed by atoms with van der Waals surface area (Å²) in [5, 5.41) is 0. The molecule has 1 rings (SSSR count). The summed E-state index contributed by atoms with van der Waals surface area (Å²) in [4.78, 5) is 20.9. The molecule has 22 heavy (non-hydrogen) atoms. The lowest BCUT2D eigenvalue weighted by molar-refractivity contribution is -0.128. The first-order chi connectivity index (χ1) is 10.5. The average Bonchev–Trinajstić information content (AvgIpc) is 2.51. The van der Waals surface area contributed by atoms with Crippen LogP contribution in [0.2, 0.25) is 0 Å². The van der Waals surface area contributed by atoms with Crippen molar-refractivity contribution in [3.05, 3.63) is 35.9 Å². The van der Waals surface area contributed by atoms with Crippen LogP contribution in [0, 0.1) is 0 Å². The highest BCUT2D eigenvalue weighted by Crippen LogP contribution is 2.41. The van der Waals surface area contributed by atoms with Crippen LogP contribution in [0.25, 0.3) is 0 Å². The van der Waals surface area contributed by atoms with Crippen LogP contribution in [0.4, 0.5) is 0 Å². The van der Waals surface area contributed by atoms with Gasteiger partial charge in [0.25, 0.3) is 0 Å². The van der Waals surface area contributed by atoms with Gasteiger partial charge in [-0.1, -0.05) is 56.5 Å². The standard InChI is InChI=1S/C15H24NO5P/c1-2-3-4-8-11-15(17)16-21-22(18,19)20-13-12-14-9-6-5-7-10-14/h5-7,9-10H,2-4,8,11-13H2,1H3,(H,16,17)(H,18,19). The van der Waals surface area contributed by atoms with Gasteiger partial charge in [0, 0.05) is 6.42 Å². The number of phosphoric ester groups is 1. The van der Waals surface area contributed by atoms with Gasteiger partial charge in [0.2, 0.25) is 5.91 Å². The predicted octanol–water partition coefficient (Wildman–Crippen LogP) is 3.36. The van der Waals surface area contributed by atoms with E-state index in [1.54, 1.807) is 0 Å². The van der Waals surface area contributed by atoms with Crippen molar-refractivity contribution in [1.82, 2.24) is 5.48 Å². The molecule has 0 saturated heterocycles. The first kappa shape index (κ1) is 18.8. The van der Waals surface area contributed by atoms with Gasteiger partial charge in [-0.2, -0.15) is 4.62 Å². The topological polar surface area (TPSA) is 84.9 Å². The van der Waals surface area contributed by atoms with Crippen LogP contribution in [-0.2, 0) is 24.9 Å². The molecule has 7 heteroatoms. The van der Waals surface area contributed by atoms with E-state index >= 15 is 0 Å². The van der Waals surface area contributed by atoms with Crippen molar-refractivity contribution in [2.24, 2.45) is 0 Å². The zero-order valence-electron chi connectivity index (χ0n) is 12.9. The second-order valence-electron chi connectivity index (χ2n) is 4.96. The van der Waals surface area contributed by atoms with E-state index in [1.807, 2.05) is 35.8 Å². The highest BCUT2D eigenvalue weighted by atomic mass is 31.2. The number of rotatable bonds is 11. The van der Waals surface area contributed by atoms with E-state index in [0.29, 0.717) is 6.42 Å². The second-order valence-corrected chi connectivity index (χ2v) is 6.34. The fourth-order valence-electron chi connectivity index (χ4n) is 1.82. The van der Waals surface area contributed by atoms with E-state index in [0.717, 1.165) is 31.2 Å². The molecule has 6 nitrogen and oxygen atoms in total. The Morgan fingerprint density at radius 2 is 1.95 bits per heavy atom. The smallest absolute Gasteiger partial charge is 0.301 e. The molecule has 0 fully saturated rings. The van der Waals surface area contributed by atoms with E-state index in [2.05, 4.69) is 11.5 Å². The lowest BCUT2D eigenvalue weighted by atomic mass is 10.1. The second kappa shape index (κ2) is 10.5. The summed E-state index contributed by atoms with van der Waals surface area (Å²) in [7, 11) is -4.26. The molecule has 0 aliphatic rings. The van der Waals surface area contributed by atoms with Gasteiger partial charge < -0.3 is 4.89 Å². The number of hydroxylamine groups is 1. The SMILES string of the molecule is CCCCCCC(=O)NOP(=O)(O)OCCc1ccccc1. The lowest BCUT2D eigenvalue weighted by Gasteiger charge is -2.12. The summed E-state index contributed by atoms with van der Waals surface area (Å²) in [6.07, 6.45) is 4.58. The van der Waals surface area contributed by atoms with Gasteiger partial charge in [0.1, 0.15) is 0 Å². The average molecular weight is 329 g/mol. The Labute approximate surface area is 131 Å². The van der Waals surface area contributed by atoms with Crippen molar-refractivity contribution in [3.63, 3.8) is 0 Å². The van der Waals surface area contributed by atoms with Gasteiger partial charge >= 0.3 is 7.82 Å². The van der Waals surface area contributed by atoms with Crippen LogP contribution < -0.4 is 5.48 Å². The number of hydrogen-bond acceptors (Lipinski definition) is 4. The number of amides is 1. The molecule has 1 unspecified atom stereocenters. The fraction of sp³-hybridized carbons (Fsp3) is 0.533. The minimum absolute atomic E-state index is 0.0319. The third kappa shape index (κ3) is 8.95. The molecule has 1 atom stereocenters. The summed E-state index contributed by atoms with van der Waals surface area (Å²) < 4.78 is 20.9. The molecule has 0 bridgehead atoms. The normalized spacial score (nSPS) is 13.5. The quantitative estimate of drug-likeness (QED) is 0.369. The molecule has 1 aromatic rings. The fourth-order valence-corrected chi connectivity index (χ4v) is 2.41. The van der Waals surface area contributed by atoms with Crippen LogP contribution >= 0.6 is 7.82 Å². The van der Waals surface area contributed by atoms with Crippen LogP contribution in [0.1, 0.15) is 44.6 Å². The molecule has 0 aliphatic carbocycles. The van der Waals surface area contributed by atoms with Crippen LogP contribution in [0.3, 0.4) is 0 Å². The van der Waals surface area contributed by atoms with Crippen molar-refractivity contribution in [2.75, 3.05) is 6.61 Å². The number of carbonyl (C=O) groups is 1. The zero-order chi connectivity index (χ0) is 16.3. The molecule has 124 valence electrons. The molecule has 0 saturated carbocycles. The van der Waals surface area contributed by atoms with Crippen molar-refractivity contribution in [2.45, 2.75) is 45.4 Å². The van der Waals surface area contributed by atoms with Gasteiger partial charge in [-0.05, 0) is 18.4 Å². The number of phosphoric acid groups is 1. The van der Waals surface area contributed by atoms with Gasteiger partial charge in [0.15, 0.2) is 0 Å². The third-order valence-electron chi connectivity index (χ3n) is 3.02. The number of unbranched alkanes of at least 4 members (excludes halogenated alkanes) is 3. The summed E-state index contributed by atoms with van der Waals surface area (Å²) in [6.45, 7) is 2.11. The summed E-state index contributed by atoms with van der Waals surface area (Å²) in [5.41, 5.74) is 2.96. The first-order valence-electron chi connectivity index (χ1n) is 7.52. The lowest BCUT2D eigenvalue weighted by Crippen LogP contribution is -2.22. The Morgan fingerprint density at radius 1 is 1.23 bits per heavy atom. The summed E-state index contributed by atoms with van der Waals surface area (Å²) >= 11 is 0. The molecule has 0 radical (unpaired) electrons. The summed E-state index contributed by atoms with van der Waals surface area (Å²) in [6, 6.07) is 9.43. The number of hydrogen-bond donors (Lipinski definition) is 2. The minimum Gasteiger partial charge on any atom is -0.301 e. The van der Waals surface area contributed by atoms with Crippen molar-refractivity contribution in [1.29, 1.82) is 0 Å². The Kier molecular flexibility index (Phi) is 9.01. The zero-order valence-corrected chi connectivity index (χ0v) is 13.8. The molecule has 1 aromatic carbocycles. The van der Waals surface area contributed by atoms with Gasteiger partial charge in [-0.25, -0.2) is 10.0 Å². The molecule has 1 amide bonds. The molecule has 0 heterocycles. The van der Waals surface area contributed by atoms with E-state index in [9.17, 15) is 14.3 Å². The van der Waals surface area contributed by atoms with Crippen molar-refractivity contribution >= 4 is 13.7 Å². The van der Waals surface area contributed by atoms with E-state index in [4.69, 9.17) is 4.52 Å². The van der Waals surface area contributed by atoms with Gasteiger partial charge in [-0.3, -0.25) is 9.32 Å². The first-order valence-corrected chi connectivity index (χ1v) is 9.01. The van der Waals surface area contributed by atoms with Crippen LogP contribution in [-0.4, -0.2) is 17.4 Å². The van der Waals surface area contributed by atoms with Crippen molar-refractivity contribution in [3.8, 4) is 0 Å². The molecule has 0 aliphatic heterocycles. The number of nitrogens with one attached hydrogen (secondary N) is 1. The Morgan fingerprint density at radius 3 is 2.64 bits per heavy atom. The number of carbonyl (C=O) groups excluding carboxylic acids is 1. The Balaban J connectivity index is 2.17. The van der Waals surface area contributed by atoms with Crippen LogP contribution in [0.5, 0.6) is 0 Å². The van der Waals surface area contributed by atoms with Crippen molar-refractivity contribution < 1.29 is 23.4 Å².